The monoisotopic (exact) mass is 375 g/mol. The van der Waals surface area contributed by atoms with Crippen LogP contribution >= 0.6 is 0 Å². The number of hydrogen-bond donors (Lipinski definition) is 1. The van der Waals surface area contributed by atoms with Gasteiger partial charge in [-0.15, -0.1) is 0 Å². The molecular weight excluding hydrogens is 346 g/mol. The second kappa shape index (κ2) is 9.11. The molecule has 2 fully saturated rings. The summed E-state index contributed by atoms with van der Waals surface area (Å²) >= 11 is 0. The van der Waals surface area contributed by atoms with Crippen molar-refractivity contribution in [1.29, 1.82) is 0 Å². The molecule has 0 unspecified atom stereocenters. The largest absolute Gasteiger partial charge is 0.490 e. The van der Waals surface area contributed by atoms with Gasteiger partial charge in [0.2, 0.25) is 0 Å². The zero-order chi connectivity index (χ0) is 19.2. The van der Waals surface area contributed by atoms with Crippen molar-refractivity contribution < 1.29 is 24.2 Å². The van der Waals surface area contributed by atoms with Crippen molar-refractivity contribution in [3.8, 4) is 11.5 Å². The molecule has 0 bridgehead atoms. The van der Waals surface area contributed by atoms with E-state index in [1.807, 2.05) is 6.92 Å². The van der Waals surface area contributed by atoms with Gasteiger partial charge in [-0.1, -0.05) is 19.3 Å². The molecular formula is C21H29NO5. The van der Waals surface area contributed by atoms with E-state index in [2.05, 4.69) is 4.90 Å². The van der Waals surface area contributed by atoms with Gasteiger partial charge in [-0.05, 0) is 56.7 Å². The topological polar surface area (TPSA) is 76.1 Å². The number of carbonyl (C=O) groups is 2. The van der Waals surface area contributed by atoms with Crippen molar-refractivity contribution in [3.05, 3.63) is 23.8 Å². The Morgan fingerprint density at radius 2 is 1.81 bits per heavy atom. The molecule has 0 saturated heterocycles. The maximum atomic E-state index is 13.3. The number of amides is 1. The van der Waals surface area contributed by atoms with Gasteiger partial charge < -0.3 is 19.5 Å². The lowest BCUT2D eigenvalue weighted by atomic mass is 9.93. The second-order valence-electron chi connectivity index (χ2n) is 7.47. The Labute approximate surface area is 160 Å². The van der Waals surface area contributed by atoms with Gasteiger partial charge in [-0.25, -0.2) is 4.79 Å². The molecule has 0 aromatic heterocycles. The van der Waals surface area contributed by atoms with Crippen molar-refractivity contribution in [1.82, 2.24) is 4.90 Å². The van der Waals surface area contributed by atoms with Crippen molar-refractivity contribution in [2.75, 3.05) is 19.8 Å². The highest BCUT2D eigenvalue weighted by atomic mass is 16.5. The van der Waals surface area contributed by atoms with E-state index in [4.69, 9.17) is 14.6 Å². The number of aliphatic carboxylic acids is 1. The number of rotatable bonds is 9. The maximum Gasteiger partial charge on any atom is 0.341 e. The molecule has 0 heterocycles. The smallest absolute Gasteiger partial charge is 0.341 e. The molecule has 0 radical (unpaired) electrons. The van der Waals surface area contributed by atoms with Gasteiger partial charge in [0, 0.05) is 18.2 Å². The highest BCUT2D eigenvalue weighted by Crippen LogP contribution is 2.34. The van der Waals surface area contributed by atoms with Crippen LogP contribution in [0.3, 0.4) is 0 Å². The molecule has 1 aromatic carbocycles. The van der Waals surface area contributed by atoms with Crippen LogP contribution in [-0.2, 0) is 4.79 Å². The minimum Gasteiger partial charge on any atom is -0.490 e. The average molecular weight is 375 g/mol. The van der Waals surface area contributed by atoms with Gasteiger partial charge in [0.15, 0.2) is 18.1 Å². The SMILES string of the molecule is CCOc1cc(C(=O)N(CC2CC2)C2CCCCC2)ccc1OCC(=O)O. The Morgan fingerprint density at radius 3 is 2.44 bits per heavy atom. The fraction of sp³-hybridized carbons (Fsp3) is 0.619. The van der Waals surface area contributed by atoms with Gasteiger partial charge in [-0.3, -0.25) is 4.79 Å². The molecule has 1 N–H and O–H groups in total. The van der Waals surface area contributed by atoms with E-state index in [0.717, 1.165) is 19.4 Å². The van der Waals surface area contributed by atoms with Gasteiger partial charge in [0.1, 0.15) is 0 Å². The molecule has 6 heteroatoms. The minimum absolute atomic E-state index is 0.0412. The van der Waals surface area contributed by atoms with E-state index in [1.165, 1.54) is 32.1 Å². The summed E-state index contributed by atoms with van der Waals surface area (Å²) in [5.74, 6) is 0.396. The third kappa shape index (κ3) is 5.37. The fourth-order valence-corrected chi connectivity index (χ4v) is 3.70. The van der Waals surface area contributed by atoms with Crippen molar-refractivity contribution in [2.24, 2.45) is 5.92 Å². The van der Waals surface area contributed by atoms with Gasteiger partial charge in [-0.2, -0.15) is 0 Å². The van der Waals surface area contributed by atoms with Crippen molar-refractivity contribution in [2.45, 2.75) is 57.9 Å². The van der Waals surface area contributed by atoms with Crippen LogP contribution < -0.4 is 9.47 Å². The molecule has 2 saturated carbocycles. The van der Waals surface area contributed by atoms with Crippen molar-refractivity contribution in [3.63, 3.8) is 0 Å². The van der Waals surface area contributed by atoms with E-state index in [9.17, 15) is 9.59 Å². The summed E-state index contributed by atoms with van der Waals surface area (Å²) in [6.07, 6.45) is 8.21. The molecule has 2 aliphatic carbocycles. The Bertz CT molecular complexity index is 665. The predicted molar refractivity (Wildman–Crippen MR) is 101 cm³/mol. The molecule has 1 aromatic rings. The molecule has 2 aliphatic rings. The summed E-state index contributed by atoms with van der Waals surface area (Å²) in [4.78, 5) is 26.1. The molecule has 0 atom stereocenters. The van der Waals surface area contributed by atoms with Crippen LogP contribution in [0.15, 0.2) is 18.2 Å². The Kier molecular flexibility index (Phi) is 6.58. The number of carboxylic acids is 1. The van der Waals surface area contributed by atoms with Gasteiger partial charge in [0.25, 0.3) is 5.91 Å². The van der Waals surface area contributed by atoms with Crippen molar-refractivity contribution >= 4 is 11.9 Å². The Hall–Kier alpha value is -2.24. The van der Waals surface area contributed by atoms with E-state index < -0.39 is 12.6 Å². The highest BCUT2D eigenvalue weighted by Gasteiger charge is 2.32. The summed E-state index contributed by atoms with van der Waals surface area (Å²) in [6.45, 7) is 2.65. The first-order valence-electron chi connectivity index (χ1n) is 10.0. The lowest BCUT2D eigenvalue weighted by Crippen LogP contribution is -2.42. The summed E-state index contributed by atoms with van der Waals surface area (Å²) in [5.41, 5.74) is 0.576. The molecule has 3 rings (SSSR count). The third-order valence-electron chi connectivity index (χ3n) is 5.27. The maximum absolute atomic E-state index is 13.3. The molecule has 0 spiro atoms. The standard InChI is InChI=1S/C21H29NO5/c1-2-26-19-12-16(10-11-18(19)27-14-20(23)24)21(25)22(13-15-8-9-15)17-6-4-3-5-7-17/h10-12,15,17H,2-9,13-14H2,1H3,(H,23,24). The molecule has 148 valence electrons. The fourth-order valence-electron chi connectivity index (χ4n) is 3.70. The number of carboxylic acid groups (broad SMARTS) is 1. The summed E-state index contributed by atoms with van der Waals surface area (Å²) in [6, 6.07) is 5.36. The summed E-state index contributed by atoms with van der Waals surface area (Å²) in [7, 11) is 0. The zero-order valence-electron chi connectivity index (χ0n) is 16.0. The Morgan fingerprint density at radius 1 is 1.07 bits per heavy atom. The van der Waals surface area contributed by atoms with Crippen LogP contribution in [0.25, 0.3) is 0 Å². The van der Waals surface area contributed by atoms with Crippen LogP contribution in [0.1, 0.15) is 62.2 Å². The highest BCUT2D eigenvalue weighted by molar-refractivity contribution is 5.95. The average Bonchev–Trinajstić information content (AvgIpc) is 3.49. The number of ether oxygens (including phenoxy) is 2. The van der Waals surface area contributed by atoms with Crippen LogP contribution in [0, 0.1) is 5.92 Å². The second-order valence-corrected chi connectivity index (χ2v) is 7.47. The van der Waals surface area contributed by atoms with Crippen LogP contribution in [0.2, 0.25) is 0 Å². The first-order chi connectivity index (χ1) is 13.1. The summed E-state index contributed by atoms with van der Waals surface area (Å²) < 4.78 is 10.9. The molecule has 0 aliphatic heterocycles. The van der Waals surface area contributed by atoms with E-state index >= 15 is 0 Å². The van der Waals surface area contributed by atoms with Gasteiger partial charge in [0.05, 0.1) is 6.61 Å². The van der Waals surface area contributed by atoms with E-state index in [-0.39, 0.29) is 5.91 Å². The quantitative estimate of drug-likeness (QED) is 0.712. The lowest BCUT2D eigenvalue weighted by Gasteiger charge is -2.34. The lowest BCUT2D eigenvalue weighted by molar-refractivity contribution is -0.139. The van der Waals surface area contributed by atoms with Gasteiger partial charge >= 0.3 is 5.97 Å². The predicted octanol–water partition coefficient (Wildman–Crippen LogP) is 3.73. The Balaban J connectivity index is 1.79. The number of carbonyl (C=O) groups excluding carboxylic acids is 1. The molecule has 6 nitrogen and oxygen atoms in total. The third-order valence-corrected chi connectivity index (χ3v) is 5.27. The number of nitrogens with zero attached hydrogens (tertiary/aromatic N) is 1. The molecule has 1 amide bonds. The minimum atomic E-state index is -1.05. The van der Waals surface area contributed by atoms with E-state index in [0.29, 0.717) is 35.6 Å². The van der Waals surface area contributed by atoms with E-state index in [1.54, 1.807) is 18.2 Å². The zero-order valence-corrected chi connectivity index (χ0v) is 16.0. The summed E-state index contributed by atoms with van der Waals surface area (Å²) in [5, 5.41) is 8.82. The first-order valence-corrected chi connectivity index (χ1v) is 10.0. The molecule has 27 heavy (non-hydrogen) atoms. The van der Waals surface area contributed by atoms with Crippen LogP contribution in [-0.4, -0.2) is 47.7 Å². The number of benzene rings is 1. The van der Waals surface area contributed by atoms with Crippen LogP contribution in [0.4, 0.5) is 0 Å². The first kappa shape index (κ1) is 19.5. The van der Waals surface area contributed by atoms with Crippen LogP contribution in [0.5, 0.6) is 11.5 Å². The number of hydrogen-bond acceptors (Lipinski definition) is 4. The normalized spacial score (nSPS) is 17.4.